The summed E-state index contributed by atoms with van der Waals surface area (Å²) in [6.07, 6.45) is 6.92. The average Bonchev–Trinajstić information content (AvgIpc) is 3.53. The lowest BCUT2D eigenvalue weighted by atomic mass is 9.96. The van der Waals surface area contributed by atoms with Gasteiger partial charge in [-0.2, -0.15) is 4.31 Å². The number of carbonyl (C=O) groups excluding carboxylic acids is 2. The van der Waals surface area contributed by atoms with Gasteiger partial charge in [0.05, 0.1) is 14.8 Å². The van der Waals surface area contributed by atoms with Gasteiger partial charge in [-0.1, -0.05) is 19.3 Å². The second-order valence-corrected chi connectivity index (χ2v) is 11.3. The highest BCUT2D eigenvalue weighted by atomic mass is 32.2. The molecular weight excluding hydrogens is 434 g/mol. The average molecular weight is 462 g/mol. The van der Waals surface area contributed by atoms with Crippen LogP contribution in [0.5, 0.6) is 0 Å². The van der Waals surface area contributed by atoms with Crippen molar-refractivity contribution in [2.45, 2.75) is 55.9 Å². The molecule has 1 aromatic heterocycles. The number of nitrogens with one attached hydrogen (secondary N) is 2. The zero-order chi connectivity index (χ0) is 22.0. The van der Waals surface area contributed by atoms with Gasteiger partial charge in [0.15, 0.2) is 0 Å². The molecule has 2 aromatic rings. The van der Waals surface area contributed by atoms with Crippen molar-refractivity contribution >= 4 is 43.9 Å². The molecule has 0 saturated heterocycles. The predicted molar refractivity (Wildman–Crippen MR) is 122 cm³/mol. The first-order valence-electron chi connectivity index (χ1n) is 10.6. The smallest absolute Gasteiger partial charge is 0.265 e. The molecule has 0 aliphatic heterocycles. The van der Waals surface area contributed by atoms with E-state index in [9.17, 15) is 18.0 Å². The van der Waals surface area contributed by atoms with E-state index in [0.29, 0.717) is 15.6 Å². The fourth-order valence-electron chi connectivity index (χ4n) is 3.81. The second kappa shape index (κ2) is 9.10. The second-order valence-electron chi connectivity index (χ2n) is 8.22. The summed E-state index contributed by atoms with van der Waals surface area (Å²) in [7, 11) is -1.91. The highest BCUT2D eigenvalue weighted by molar-refractivity contribution is 7.89. The van der Waals surface area contributed by atoms with Crippen LogP contribution in [0.2, 0.25) is 0 Å². The molecule has 31 heavy (non-hydrogen) atoms. The van der Waals surface area contributed by atoms with Gasteiger partial charge in [0.1, 0.15) is 0 Å². The van der Waals surface area contributed by atoms with E-state index in [4.69, 9.17) is 0 Å². The van der Waals surface area contributed by atoms with E-state index in [2.05, 4.69) is 10.6 Å². The van der Waals surface area contributed by atoms with Gasteiger partial charge >= 0.3 is 0 Å². The largest absolute Gasteiger partial charge is 0.321 e. The fourth-order valence-corrected chi connectivity index (χ4v) is 6.03. The van der Waals surface area contributed by atoms with E-state index < -0.39 is 10.0 Å². The monoisotopic (exact) mass is 461 g/mol. The van der Waals surface area contributed by atoms with Crippen molar-refractivity contribution in [3.8, 4) is 0 Å². The molecule has 0 spiro atoms. The van der Waals surface area contributed by atoms with E-state index in [-0.39, 0.29) is 28.7 Å². The van der Waals surface area contributed by atoms with Gasteiger partial charge in [-0.05, 0) is 62.1 Å². The highest BCUT2D eigenvalue weighted by Crippen LogP contribution is 2.32. The van der Waals surface area contributed by atoms with Crippen molar-refractivity contribution in [2.24, 2.45) is 5.92 Å². The molecule has 2 amide bonds. The molecule has 4 rings (SSSR count). The molecule has 0 unspecified atom stereocenters. The van der Waals surface area contributed by atoms with Gasteiger partial charge < -0.3 is 10.6 Å². The Morgan fingerprint density at radius 1 is 0.935 bits per heavy atom. The quantitative estimate of drug-likeness (QED) is 0.643. The maximum absolute atomic E-state index is 12.9. The molecule has 0 radical (unpaired) electrons. The third-order valence-electron chi connectivity index (χ3n) is 5.90. The van der Waals surface area contributed by atoms with E-state index in [0.717, 1.165) is 44.9 Å². The Bertz CT molecular complexity index is 1050. The van der Waals surface area contributed by atoms with Crippen molar-refractivity contribution in [3.63, 3.8) is 0 Å². The summed E-state index contributed by atoms with van der Waals surface area (Å²) >= 11 is 1.21. The number of amides is 2. The molecule has 1 heterocycles. The molecule has 0 bridgehead atoms. The lowest BCUT2D eigenvalue weighted by Gasteiger charge is -2.30. The highest BCUT2D eigenvalue weighted by Gasteiger charge is 2.30. The summed E-state index contributed by atoms with van der Waals surface area (Å²) in [6, 6.07) is 9.69. The number of hydrogen-bond donors (Lipinski definition) is 2. The van der Waals surface area contributed by atoms with Crippen LogP contribution < -0.4 is 10.6 Å². The number of anilines is 2. The Labute approximate surface area is 186 Å². The van der Waals surface area contributed by atoms with Gasteiger partial charge in [-0.15, -0.1) is 11.3 Å². The Balaban J connectivity index is 1.38. The Morgan fingerprint density at radius 3 is 2.26 bits per heavy atom. The minimum Gasteiger partial charge on any atom is -0.321 e. The van der Waals surface area contributed by atoms with Gasteiger partial charge in [0, 0.05) is 24.7 Å². The molecule has 1 aromatic carbocycles. The van der Waals surface area contributed by atoms with Crippen molar-refractivity contribution in [2.75, 3.05) is 17.7 Å². The van der Waals surface area contributed by atoms with E-state index in [1.54, 1.807) is 31.3 Å². The van der Waals surface area contributed by atoms with Crippen molar-refractivity contribution in [1.82, 2.24) is 4.31 Å². The van der Waals surface area contributed by atoms with E-state index >= 15 is 0 Å². The van der Waals surface area contributed by atoms with Crippen LogP contribution in [0.1, 0.15) is 54.6 Å². The summed E-state index contributed by atoms with van der Waals surface area (Å²) in [4.78, 5) is 25.1. The zero-order valence-electron chi connectivity index (χ0n) is 17.5. The molecule has 2 saturated carbocycles. The number of nitrogens with zero attached hydrogens (tertiary/aromatic N) is 1. The molecular formula is C22H27N3O4S2. The topological polar surface area (TPSA) is 95.6 Å². The van der Waals surface area contributed by atoms with Crippen molar-refractivity contribution in [3.05, 3.63) is 41.3 Å². The van der Waals surface area contributed by atoms with E-state index in [1.165, 1.54) is 27.8 Å². The first-order valence-corrected chi connectivity index (χ1v) is 12.9. The standard InChI is InChI=1S/C22H27N3O4S2/c1-25(17-5-3-2-4-6-17)31(28,29)18-11-9-16(10-12-18)23-22(27)19-13-14-20(30-19)24-21(26)15-7-8-15/h9-15,17H,2-8H2,1H3,(H,23,27)(H,24,26). The van der Waals surface area contributed by atoms with Gasteiger partial charge in [0.2, 0.25) is 15.9 Å². The van der Waals surface area contributed by atoms with Crippen LogP contribution in [-0.4, -0.2) is 37.6 Å². The van der Waals surface area contributed by atoms with Crippen molar-refractivity contribution < 1.29 is 18.0 Å². The van der Waals surface area contributed by atoms with Gasteiger partial charge in [0.25, 0.3) is 5.91 Å². The van der Waals surface area contributed by atoms with Crippen molar-refractivity contribution in [1.29, 1.82) is 0 Å². The summed E-state index contributed by atoms with van der Waals surface area (Å²) in [5.41, 5.74) is 0.515. The zero-order valence-corrected chi connectivity index (χ0v) is 19.1. The number of rotatable bonds is 7. The molecule has 9 heteroatoms. The lowest BCUT2D eigenvalue weighted by molar-refractivity contribution is -0.117. The molecule has 0 atom stereocenters. The fraction of sp³-hybridized carbons (Fsp3) is 0.455. The first-order chi connectivity index (χ1) is 14.8. The van der Waals surface area contributed by atoms with Gasteiger partial charge in [-0.25, -0.2) is 8.42 Å². The van der Waals surface area contributed by atoms with E-state index in [1.807, 2.05) is 0 Å². The predicted octanol–water partition coefficient (Wildman–Crippen LogP) is 4.30. The van der Waals surface area contributed by atoms with Crippen LogP contribution in [0.25, 0.3) is 0 Å². The lowest BCUT2D eigenvalue weighted by Crippen LogP contribution is -2.38. The third-order valence-corrected chi connectivity index (χ3v) is 8.83. The molecule has 2 aliphatic carbocycles. The van der Waals surface area contributed by atoms with Crippen LogP contribution in [0, 0.1) is 5.92 Å². The Kier molecular flexibility index (Phi) is 6.45. The van der Waals surface area contributed by atoms with Gasteiger partial charge in [-0.3, -0.25) is 9.59 Å². The number of thiophene rings is 1. The minimum absolute atomic E-state index is 0.00352. The maximum Gasteiger partial charge on any atom is 0.265 e. The van der Waals surface area contributed by atoms with Crippen LogP contribution in [-0.2, 0) is 14.8 Å². The summed E-state index contributed by atoms with van der Waals surface area (Å²) in [5, 5.41) is 6.26. The maximum atomic E-state index is 12.9. The van der Waals surface area contributed by atoms with Crippen LogP contribution >= 0.6 is 11.3 Å². The minimum atomic E-state index is -3.56. The SMILES string of the molecule is CN(C1CCCCC1)S(=O)(=O)c1ccc(NC(=O)c2ccc(NC(=O)C3CC3)s2)cc1. The number of carbonyl (C=O) groups is 2. The number of hydrogen-bond acceptors (Lipinski definition) is 5. The van der Waals surface area contributed by atoms with Crippen LogP contribution in [0.15, 0.2) is 41.3 Å². The first kappa shape index (κ1) is 22.0. The molecule has 2 N–H and O–H groups in total. The summed E-state index contributed by atoms with van der Waals surface area (Å²) in [5.74, 6) is -0.193. The molecule has 2 aliphatic rings. The van der Waals surface area contributed by atoms with Crippen LogP contribution in [0.3, 0.4) is 0 Å². The summed E-state index contributed by atoms with van der Waals surface area (Å²) in [6.45, 7) is 0. The van der Waals surface area contributed by atoms with Crippen LogP contribution in [0.4, 0.5) is 10.7 Å². The normalized spacial score (nSPS) is 17.5. The molecule has 7 nitrogen and oxygen atoms in total. The Hall–Kier alpha value is -2.23. The number of benzene rings is 1. The number of sulfonamides is 1. The Morgan fingerprint density at radius 2 is 1.61 bits per heavy atom. The summed E-state index contributed by atoms with van der Waals surface area (Å²) < 4.78 is 27.4. The molecule has 166 valence electrons. The molecule has 2 fully saturated rings. The third kappa shape index (κ3) is 5.16.